The highest BCUT2D eigenvalue weighted by atomic mass is 31.2. The number of nitrogen functional groups attached to an aromatic ring is 1. The Labute approximate surface area is 315 Å². The smallest absolute Gasteiger partial charge is 0.329 e. The van der Waals surface area contributed by atoms with Crippen LogP contribution in [0.3, 0.4) is 0 Å². The van der Waals surface area contributed by atoms with Crippen LogP contribution in [0.5, 0.6) is 0 Å². The van der Waals surface area contributed by atoms with Gasteiger partial charge in [-0.3, -0.25) is 0 Å². The number of hydrogen-bond acceptors (Lipinski definition) is 12. The van der Waals surface area contributed by atoms with Crippen molar-refractivity contribution in [2.24, 2.45) is 0 Å². The molecule has 0 radical (unpaired) electrons. The van der Waals surface area contributed by atoms with E-state index in [1.165, 1.54) is 103 Å². The third-order valence-corrected chi connectivity index (χ3v) is 8.81. The summed E-state index contributed by atoms with van der Waals surface area (Å²) in [5.41, 5.74) is 8.31. The number of aliphatic hydroxyl groups excluding tert-OH is 1. The number of aromatic nitrogens is 3. The topological polar surface area (TPSA) is 212 Å². The van der Waals surface area contributed by atoms with Crippen LogP contribution in [-0.2, 0) is 20.4 Å². The molecule has 2 aromatic heterocycles. The molecule has 0 spiro atoms. The first-order valence-electron chi connectivity index (χ1n) is 18.4. The Hall–Kier alpha value is -3.30. The zero-order chi connectivity index (χ0) is 39.5. The Balaban J connectivity index is 0.000000641. The zero-order valence-corrected chi connectivity index (χ0v) is 32.5. The molecule has 53 heavy (non-hydrogen) atoms. The highest BCUT2D eigenvalue weighted by Crippen LogP contribution is 2.38. The van der Waals surface area contributed by atoms with Gasteiger partial charge in [-0.25, -0.2) is 19.2 Å². The molecule has 6 N–H and O–H groups in total. The lowest BCUT2D eigenvalue weighted by molar-refractivity contribution is -0.127. The van der Waals surface area contributed by atoms with Gasteiger partial charge in [0.2, 0.25) is 0 Å². The lowest BCUT2D eigenvalue weighted by Crippen LogP contribution is -2.15. The maximum absolute atomic E-state index is 12.5. The number of nitrogens with zero attached hydrogens (tertiary/aromatic N) is 5. The molecule has 296 valence electrons. The lowest BCUT2D eigenvalue weighted by Gasteiger charge is -2.16. The summed E-state index contributed by atoms with van der Waals surface area (Å²) in [4.78, 5) is 14.1. The molecular weight excluding hydrogens is 702 g/mol. The SMILES string of the molecule is C#N.CC(C)(O)O.CCCCCCCCCCCCCCCOP(O)OCC1CCC(c2ccc3c(N)ncnn23)O1.N#Cc1cc(F)cc(CO)c1. The molecule has 0 amide bonds. The molecule has 1 fully saturated rings. The van der Waals surface area contributed by atoms with E-state index in [9.17, 15) is 9.28 Å². The van der Waals surface area contributed by atoms with Gasteiger partial charge in [-0.2, -0.15) is 10.4 Å². The van der Waals surface area contributed by atoms with E-state index in [4.69, 9.17) is 45.4 Å². The van der Waals surface area contributed by atoms with E-state index in [1.807, 2.05) is 12.1 Å². The summed E-state index contributed by atoms with van der Waals surface area (Å²) in [5, 5.41) is 43.9. The number of rotatable bonds is 20. The molecule has 15 heteroatoms. The van der Waals surface area contributed by atoms with E-state index in [-0.39, 0.29) is 24.4 Å². The van der Waals surface area contributed by atoms with Crippen LogP contribution in [0.1, 0.15) is 140 Å². The molecule has 1 aliphatic rings. The molecule has 3 aromatic rings. The summed E-state index contributed by atoms with van der Waals surface area (Å²) in [6, 6.07) is 9.45. The number of nitriles is 2. The minimum atomic E-state index is -1.85. The molecule has 3 unspecified atom stereocenters. The van der Waals surface area contributed by atoms with Crippen LogP contribution in [0, 0.1) is 29.0 Å². The van der Waals surface area contributed by atoms with Gasteiger partial charge in [-0.05, 0) is 69.0 Å². The monoisotopic (exact) mass is 762 g/mol. The second kappa shape index (κ2) is 28.2. The van der Waals surface area contributed by atoms with Gasteiger partial charge in [0.05, 0.1) is 43.3 Å². The number of hydrogen-bond donors (Lipinski definition) is 5. The molecule has 1 aromatic carbocycles. The molecule has 1 aliphatic heterocycles. The standard InChI is InChI=1S/C26H45N4O4P.C8H6FNO.C3H8O2.CHN/c1-2-3-4-5-6-7-8-9-10-11-12-13-14-19-32-35(31)33-20-22-15-18-25(34-22)23-16-17-24-26(27)28-21-29-30(23)24;9-8-2-6(4-10)1-7(3-8)5-11;1-3(2,4)5;1-2/h16-17,21-22,25,31H,2-15,18-20H2,1H3,(H2,27,28,29);1-3,11H,5H2;4-5H,1-2H3;1H. The number of nitrogens with two attached hydrogens (primary N) is 1. The summed E-state index contributed by atoms with van der Waals surface area (Å²) < 4.78 is 31.5. The average molecular weight is 763 g/mol. The van der Waals surface area contributed by atoms with Crippen molar-refractivity contribution < 1.29 is 38.4 Å². The maximum Gasteiger partial charge on any atom is 0.329 e. The van der Waals surface area contributed by atoms with E-state index in [2.05, 4.69) is 23.6 Å². The first-order valence-corrected chi connectivity index (χ1v) is 19.6. The number of benzene rings is 1. The van der Waals surface area contributed by atoms with Crippen LogP contribution in [0.4, 0.5) is 10.2 Å². The lowest BCUT2D eigenvalue weighted by atomic mass is 10.0. The third-order valence-electron chi connectivity index (χ3n) is 8.04. The molecule has 0 aliphatic carbocycles. The average Bonchev–Trinajstić information content (AvgIpc) is 3.79. The van der Waals surface area contributed by atoms with E-state index >= 15 is 0 Å². The number of unbranched alkanes of at least 4 members (excludes halogenated alkanes) is 12. The predicted molar refractivity (Wildman–Crippen MR) is 203 cm³/mol. The van der Waals surface area contributed by atoms with Gasteiger partial charge in [0.1, 0.15) is 23.8 Å². The van der Waals surface area contributed by atoms with Crippen LogP contribution in [0.2, 0.25) is 0 Å². The highest BCUT2D eigenvalue weighted by Gasteiger charge is 2.30. The molecule has 0 bridgehead atoms. The molecule has 3 heterocycles. The largest absolute Gasteiger partial charge is 0.392 e. The normalized spacial score (nSPS) is 15.6. The van der Waals surface area contributed by atoms with E-state index in [0.29, 0.717) is 24.6 Å². The van der Waals surface area contributed by atoms with E-state index in [0.717, 1.165) is 43.0 Å². The predicted octanol–water partition coefficient (Wildman–Crippen LogP) is 7.91. The molecular formula is C38H60FN6O7P. The van der Waals surface area contributed by atoms with Gasteiger partial charge >= 0.3 is 8.60 Å². The fourth-order valence-corrected chi connectivity index (χ4v) is 6.17. The van der Waals surface area contributed by atoms with Crippen molar-refractivity contribution in [2.45, 2.75) is 142 Å². The van der Waals surface area contributed by atoms with Crippen molar-refractivity contribution in [1.82, 2.24) is 14.6 Å². The minimum Gasteiger partial charge on any atom is -0.392 e. The van der Waals surface area contributed by atoms with Gasteiger partial charge < -0.3 is 39.7 Å². The number of anilines is 1. The summed E-state index contributed by atoms with van der Waals surface area (Å²) in [5.74, 6) is -1.54. The van der Waals surface area contributed by atoms with Crippen molar-refractivity contribution >= 4 is 19.9 Å². The van der Waals surface area contributed by atoms with Crippen LogP contribution >= 0.6 is 8.60 Å². The molecule has 4 rings (SSSR count). The molecule has 1 saturated heterocycles. The van der Waals surface area contributed by atoms with Crippen molar-refractivity contribution in [3.8, 4) is 12.6 Å². The van der Waals surface area contributed by atoms with Gasteiger partial charge in [0, 0.05) is 6.57 Å². The summed E-state index contributed by atoms with van der Waals surface area (Å²) in [7, 11) is -1.85. The quantitative estimate of drug-likeness (QED) is 0.0422. The van der Waals surface area contributed by atoms with Crippen molar-refractivity contribution in [3.05, 3.63) is 59.3 Å². The van der Waals surface area contributed by atoms with Crippen molar-refractivity contribution in [2.75, 3.05) is 18.9 Å². The van der Waals surface area contributed by atoms with Crippen LogP contribution in [0.15, 0.2) is 36.7 Å². The number of ether oxygens (including phenoxy) is 1. The second-order valence-electron chi connectivity index (χ2n) is 13.2. The summed E-state index contributed by atoms with van der Waals surface area (Å²) in [6.45, 7) is 9.00. The fraction of sp³-hybridized carbons (Fsp3) is 0.632. The van der Waals surface area contributed by atoms with Crippen LogP contribution in [0.25, 0.3) is 5.52 Å². The van der Waals surface area contributed by atoms with Crippen LogP contribution < -0.4 is 5.73 Å². The third kappa shape index (κ3) is 21.9. The minimum absolute atomic E-state index is 0.0678. The number of halogens is 1. The fourth-order valence-electron chi connectivity index (χ4n) is 5.52. The maximum atomic E-state index is 12.5. The molecule has 3 atom stereocenters. The zero-order valence-electron chi connectivity index (χ0n) is 31.6. The van der Waals surface area contributed by atoms with Crippen LogP contribution in [-0.4, -0.2) is 59.9 Å². The summed E-state index contributed by atoms with van der Waals surface area (Å²) >= 11 is 0. The first-order chi connectivity index (χ1) is 25.4. The van der Waals surface area contributed by atoms with Gasteiger partial charge in [0.15, 0.2) is 11.6 Å². The van der Waals surface area contributed by atoms with Gasteiger partial charge in [-0.15, -0.1) is 0 Å². The Morgan fingerprint density at radius 2 is 1.57 bits per heavy atom. The summed E-state index contributed by atoms with van der Waals surface area (Å²) in [6.07, 6.45) is 20.1. The van der Waals surface area contributed by atoms with E-state index in [1.54, 1.807) is 10.6 Å². The molecule has 13 nitrogen and oxygen atoms in total. The van der Waals surface area contributed by atoms with Gasteiger partial charge in [0.25, 0.3) is 0 Å². The van der Waals surface area contributed by atoms with E-state index < -0.39 is 20.2 Å². The molecule has 0 saturated carbocycles. The van der Waals surface area contributed by atoms with Crippen molar-refractivity contribution in [3.63, 3.8) is 0 Å². The Morgan fingerprint density at radius 1 is 0.981 bits per heavy atom. The Bertz CT molecular complexity index is 1460. The number of aliphatic hydroxyl groups is 3. The Morgan fingerprint density at radius 3 is 2.13 bits per heavy atom. The van der Waals surface area contributed by atoms with Crippen molar-refractivity contribution in [1.29, 1.82) is 10.5 Å². The highest BCUT2D eigenvalue weighted by molar-refractivity contribution is 7.40. The van der Waals surface area contributed by atoms with Gasteiger partial charge in [-0.1, -0.05) is 84.0 Å². The number of fused-ring (bicyclic) bond motifs is 1. The Kier molecular flexibility index (Phi) is 25.4. The first kappa shape index (κ1) is 47.7. The second-order valence-corrected chi connectivity index (χ2v) is 14.2.